The van der Waals surface area contributed by atoms with Gasteiger partial charge in [-0.05, 0) is 0 Å². The third kappa shape index (κ3) is 3.60. The van der Waals surface area contributed by atoms with Crippen LogP contribution in [0.2, 0.25) is 0 Å². The molecule has 0 aliphatic heterocycles. The van der Waals surface area contributed by atoms with E-state index < -0.39 is 18.2 Å². The Kier molecular flexibility index (Phi) is 9.91. The number of halogens is 2. The molecule has 0 unspecified atom stereocenters. The van der Waals surface area contributed by atoms with Gasteiger partial charge in [0.2, 0.25) is 0 Å². The Labute approximate surface area is 134 Å². The molecule has 0 aromatic heterocycles. The third-order valence-corrected chi connectivity index (χ3v) is 99.1. The second-order valence-electron chi connectivity index (χ2n) is 4.66. The van der Waals surface area contributed by atoms with Gasteiger partial charge in [0.15, 0.2) is 0 Å². The van der Waals surface area contributed by atoms with Crippen LogP contribution in [0, 0.1) is 0 Å². The van der Waals surface area contributed by atoms with Crippen LogP contribution in [0.15, 0.2) is 0 Å². The van der Waals surface area contributed by atoms with E-state index in [1.807, 2.05) is 0 Å². The predicted octanol–water partition coefficient (Wildman–Crippen LogP) is 6.29. The first-order valence-electron chi connectivity index (χ1n) is 6.92. The van der Waals surface area contributed by atoms with Crippen molar-refractivity contribution in [2.45, 2.75) is 41.5 Å². The van der Waals surface area contributed by atoms with E-state index in [4.69, 9.17) is 0 Å². The molecular weight excluding hydrogens is 566 g/mol. The molecule has 0 spiro atoms. The molecule has 5 heteroatoms. The zero-order valence-electron chi connectivity index (χ0n) is 12.3. The Hall–Kier alpha value is 2.98. The first kappa shape index (κ1) is 20.0. The molecule has 0 nitrogen and oxygen atoms in total. The van der Waals surface area contributed by atoms with E-state index in [0.29, 0.717) is 0 Å². The molecule has 0 atom stereocenters. The van der Waals surface area contributed by atoms with Gasteiger partial charge in [0.1, 0.15) is 0 Å². The van der Waals surface area contributed by atoms with Gasteiger partial charge in [-0.2, -0.15) is 0 Å². The molecule has 0 aliphatic carbocycles. The van der Waals surface area contributed by atoms with E-state index in [9.17, 15) is 0 Å². The van der Waals surface area contributed by atoms with Gasteiger partial charge in [-0.1, -0.05) is 0 Å². The van der Waals surface area contributed by atoms with E-state index >= 15 is 0 Å². The molecule has 0 heterocycles. The molecule has 0 aromatic rings. The van der Waals surface area contributed by atoms with Crippen molar-refractivity contribution in [3.8, 4) is 0 Å². The van der Waals surface area contributed by atoms with Crippen molar-refractivity contribution in [2.24, 2.45) is 0 Å². The topological polar surface area (TPSA) is 0 Å². The first-order chi connectivity index (χ1) is 7.86. The van der Waals surface area contributed by atoms with Crippen LogP contribution in [0.4, 0.5) is 0 Å². The Morgan fingerprint density at radius 2 is 0.765 bits per heavy atom. The molecule has 0 amide bonds. The fourth-order valence-electron chi connectivity index (χ4n) is 2.70. The van der Waals surface area contributed by atoms with Gasteiger partial charge in [-0.3, -0.25) is 0 Å². The van der Waals surface area contributed by atoms with Crippen LogP contribution in [-0.2, 0) is 7.32 Å². The van der Waals surface area contributed by atoms with Gasteiger partial charge >= 0.3 is 136 Å². The van der Waals surface area contributed by atoms with Gasteiger partial charge in [-0.25, -0.2) is 0 Å². The summed E-state index contributed by atoms with van der Waals surface area (Å²) in [5.41, 5.74) is -1.92. The van der Waals surface area contributed by atoms with Gasteiger partial charge < -0.3 is 0 Å². The van der Waals surface area contributed by atoms with Crippen molar-refractivity contribution in [3.05, 3.63) is 0 Å². The molecule has 0 N–H and O–H groups in total. The molecule has 17 heavy (non-hydrogen) atoms. The van der Waals surface area contributed by atoms with Gasteiger partial charge in [-0.15, -0.1) is 0 Å². The minimum absolute atomic E-state index is 0.958. The number of rotatable bonds is 8. The van der Waals surface area contributed by atoms with Crippen molar-refractivity contribution < 1.29 is 7.32 Å². The van der Waals surface area contributed by atoms with E-state index in [-0.39, 0.29) is 0 Å². The van der Waals surface area contributed by atoms with Gasteiger partial charge in [0.05, 0.1) is 0 Å². The molecule has 0 aromatic carbocycles. The monoisotopic (exact) mass is 598 g/mol. The summed E-state index contributed by atoms with van der Waals surface area (Å²) in [4.78, 5) is 0. The summed E-state index contributed by atoms with van der Waals surface area (Å²) >= 11 is 6.13. The van der Waals surface area contributed by atoms with Crippen LogP contribution in [0.1, 0.15) is 41.5 Å². The van der Waals surface area contributed by atoms with Crippen LogP contribution in [0.3, 0.4) is 0 Å². The number of hydrogen-bond donors (Lipinski definition) is 0. The Bertz CT molecular complexity index is 188. The van der Waals surface area contributed by atoms with Crippen molar-refractivity contribution in [2.75, 3.05) is 37.0 Å². The molecule has 0 saturated heterocycles. The second-order valence-corrected chi connectivity index (χ2v) is 67.5. The molecule has 0 aliphatic rings. The van der Waals surface area contributed by atoms with E-state index in [0.717, 1.165) is 0 Å². The minimum atomic E-state index is -1.18. The Morgan fingerprint density at radius 3 is 0.882 bits per heavy atom. The molecule has 0 rings (SSSR count). The maximum absolute atomic E-state index is 3.07. The van der Waals surface area contributed by atoms with Crippen molar-refractivity contribution >= 4 is 49.9 Å². The molecule has 0 radical (unpaired) electrons. The summed E-state index contributed by atoms with van der Waals surface area (Å²) in [6.45, 7) is 15.0. The molecule has 0 bridgehead atoms. The molecular formula is C12H32I2P2Pd. The fourth-order valence-corrected chi connectivity index (χ4v) is 102. The van der Waals surface area contributed by atoms with Crippen LogP contribution >= 0.6 is 49.9 Å². The summed E-state index contributed by atoms with van der Waals surface area (Å²) in [6, 6.07) is 0. The normalized spacial score (nSPS) is 16.9. The standard InChI is InChI=1S/2C6H15P.2HI.Pd/c2*1-4-7(5-2)6-3;;;/h2*4-6H2,1-3H3;2*1H;. The quantitative estimate of drug-likeness (QED) is 0.175. The average molecular weight is 599 g/mol. The fraction of sp³-hybridized carbons (Fsp3) is 1.00. The van der Waals surface area contributed by atoms with E-state index in [1.165, 1.54) is 37.0 Å². The van der Waals surface area contributed by atoms with Crippen molar-refractivity contribution in [3.63, 3.8) is 0 Å². The van der Waals surface area contributed by atoms with Crippen LogP contribution in [-0.4, -0.2) is 37.0 Å². The summed E-state index contributed by atoms with van der Waals surface area (Å²) in [5.74, 6) is 0. The zero-order valence-corrected chi connectivity index (χ0v) is 20.2. The Morgan fingerprint density at radius 1 is 0.588 bits per heavy atom. The van der Waals surface area contributed by atoms with Gasteiger partial charge in [0.25, 0.3) is 0 Å². The summed E-state index contributed by atoms with van der Waals surface area (Å²) in [6.07, 6.45) is 9.24. The average Bonchev–Trinajstić information content (AvgIpc) is 2.34. The summed E-state index contributed by atoms with van der Waals surface area (Å²) < 4.78 is 0. The third-order valence-electron chi connectivity index (χ3n) is 4.51. The van der Waals surface area contributed by atoms with Crippen LogP contribution in [0.25, 0.3) is 0 Å². The number of hydrogen-bond acceptors (Lipinski definition) is 0. The van der Waals surface area contributed by atoms with Crippen LogP contribution in [0.5, 0.6) is 0 Å². The van der Waals surface area contributed by atoms with Crippen molar-refractivity contribution in [1.29, 1.82) is 0 Å². The van der Waals surface area contributed by atoms with E-state index in [1.54, 1.807) is 0 Å². The van der Waals surface area contributed by atoms with E-state index in [2.05, 4.69) is 80.6 Å². The second kappa shape index (κ2) is 8.43. The predicted molar refractivity (Wildman–Crippen MR) is 108 cm³/mol. The SMILES string of the molecule is CC[PH](CC)(CC)[Pd]([I])([I])[PH](CC)(CC)CC. The van der Waals surface area contributed by atoms with Crippen molar-refractivity contribution in [1.82, 2.24) is 0 Å². The maximum atomic E-state index is 3.07. The Balaban J connectivity index is 5.60. The van der Waals surface area contributed by atoms with Crippen LogP contribution < -0.4 is 0 Å². The van der Waals surface area contributed by atoms with Gasteiger partial charge in [0, 0.05) is 0 Å². The summed E-state index contributed by atoms with van der Waals surface area (Å²) in [5, 5.41) is 0. The molecule has 114 valence electrons. The summed E-state index contributed by atoms with van der Waals surface area (Å²) in [7, 11) is -1.18. The first-order valence-corrected chi connectivity index (χ1v) is 25.7. The molecule has 0 fully saturated rings. The molecule has 0 saturated carbocycles. The zero-order chi connectivity index (χ0) is 13.7.